The van der Waals surface area contributed by atoms with Gasteiger partial charge in [0.1, 0.15) is 5.82 Å². The van der Waals surface area contributed by atoms with Gasteiger partial charge in [-0.1, -0.05) is 24.8 Å². The van der Waals surface area contributed by atoms with E-state index in [1.165, 1.54) is 4.88 Å². The van der Waals surface area contributed by atoms with Crippen LogP contribution in [0.2, 0.25) is 0 Å². The van der Waals surface area contributed by atoms with E-state index in [0.717, 1.165) is 42.7 Å². The Labute approximate surface area is 157 Å². The molecule has 6 nitrogen and oxygen atoms in total. The Balaban J connectivity index is 1.44. The van der Waals surface area contributed by atoms with E-state index in [4.69, 9.17) is 0 Å². The molecule has 0 radical (unpaired) electrons. The van der Waals surface area contributed by atoms with E-state index < -0.39 is 0 Å². The first kappa shape index (κ1) is 18.4. The van der Waals surface area contributed by atoms with Crippen molar-refractivity contribution >= 4 is 29.0 Å². The number of piperidine rings is 1. The number of rotatable bonds is 7. The zero-order chi connectivity index (χ0) is 17.6. The second-order valence-corrected chi connectivity index (χ2v) is 8.50. The topological polar surface area (TPSA) is 63.1 Å². The molecule has 1 amide bonds. The molecule has 0 aromatic carbocycles. The van der Waals surface area contributed by atoms with E-state index in [0.29, 0.717) is 19.0 Å². The number of hydrogen-bond donors (Lipinski definition) is 1. The molecule has 136 valence electrons. The summed E-state index contributed by atoms with van der Waals surface area (Å²) in [6.45, 7) is 5.10. The molecule has 0 atom stereocenters. The quantitative estimate of drug-likeness (QED) is 0.749. The number of likely N-dealkylation sites (tertiary alicyclic amines) is 1. The van der Waals surface area contributed by atoms with Crippen LogP contribution in [0.4, 0.5) is 0 Å². The van der Waals surface area contributed by atoms with Crippen LogP contribution < -0.4 is 5.32 Å². The first-order valence-electron chi connectivity index (χ1n) is 8.71. The van der Waals surface area contributed by atoms with E-state index in [2.05, 4.69) is 39.0 Å². The molecule has 0 spiro atoms. The number of carbonyl (C=O) groups is 1. The van der Waals surface area contributed by atoms with Gasteiger partial charge in [0, 0.05) is 17.8 Å². The molecule has 3 rings (SSSR count). The van der Waals surface area contributed by atoms with E-state index in [1.807, 2.05) is 17.5 Å². The van der Waals surface area contributed by atoms with Gasteiger partial charge in [-0.05, 0) is 43.1 Å². The monoisotopic (exact) mass is 379 g/mol. The fourth-order valence-electron chi connectivity index (χ4n) is 3.14. The Hall–Kier alpha value is -1.38. The normalized spacial score (nSPS) is 16.2. The predicted octanol–water partition coefficient (Wildman–Crippen LogP) is 2.48. The van der Waals surface area contributed by atoms with Gasteiger partial charge in [-0.25, -0.2) is 0 Å². The summed E-state index contributed by atoms with van der Waals surface area (Å²) in [4.78, 5) is 15.5. The molecule has 1 aliphatic rings. The maximum atomic E-state index is 12.1. The van der Waals surface area contributed by atoms with Gasteiger partial charge in [0.05, 0.1) is 13.1 Å². The minimum absolute atomic E-state index is 0.104. The first-order valence-corrected chi connectivity index (χ1v) is 10.6. The Morgan fingerprint density at radius 3 is 2.88 bits per heavy atom. The van der Waals surface area contributed by atoms with Crippen molar-refractivity contribution in [1.29, 1.82) is 0 Å². The summed E-state index contributed by atoms with van der Waals surface area (Å²) < 4.78 is 2.13. The standard InChI is InChI=1S/C17H25N5OS2/c1-3-24-17-20-19-16(21(17)2)13-6-8-22(9-7-13)12-15(23)18-11-14-5-4-10-25-14/h4-5,10,13H,3,6-9,11-12H2,1-2H3,(H,18,23). The zero-order valence-corrected chi connectivity index (χ0v) is 16.4. The number of thiophene rings is 1. The van der Waals surface area contributed by atoms with Crippen molar-refractivity contribution in [2.24, 2.45) is 7.05 Å². The van der Waals surface area contributed by atoms with Gasteiger partial charge in [0.15, 0.2) is 5.16 Å². The van der Waals surface area contributed by atoms with Crippen molar-refractivity contribution < 1.29 is 4.79 Å². The van der Waals surface area contributed by atoms with E-state index in [-0.39, 0.29) is 5.91 Å². The number of nitrogens with zero attached hydrogens (tertiary/aromatic N) is 4. The van der Waals surface area contributed by atoms with Crippen LogP contribution in [0.25, 0.3) is 0 Å². The number of thioether (sulfide) groups is 1. The lowest BCUT2D eigenvalue weighted by molar-refractivity contribution is -0.122. The highest BCUT2D eigenvalue weighted by Crippen LogP contribution is 2.28. The lowest BCUT2D eigenvalue weighted by Gasteiger charge is -2.30. The third-order valence-electron chi connectivity index (χ3n) is 4.50. The van der Waals surface area contributed by atoms with Gasteiger partial charge >= 0.3 is 0 Å². The maximum absolute atomic E-state index is 12.1. The number of carbonyl (C=O) groups excluding carboxylic acids is 1. The molecule has 2 aromatic heterocycles. The van der Waals surface area contributed by atoms with Crippen LogP contribution in [0.3, 0.4) is 0 Å². The zero-order valence-electron chi connectivity index (χ0n) is 14.8. The van der Waals surface area contributed by atoms with Crippen molar-refractivity contribution in [3.63, 3.8) is 0 Å². The molecular formula is C17H25N5OS2. The average molecular weight is 380 g/mol. The van der Waals surface area contributed by atoms with Crippen LogP contribution in [0.5, 0.6) is 0 Å². The van der Waals surface area contributed by atoms with E-state index in [9.17, 15) is 4.79 Å². The summed E-state index contributed by atoms with van der Waals surface area (Å²) in [5.74, 6) is 2.63. The molecule has 0 aliphatic carbocycles. The predicted molar refractivity (Wildman–Crippen MR) is 102 cm³/mol. The van der Waals surface area contributed by atoms with Crippen LogP contribution in [0, 0.1) is 0 Å². The number of nitrogens with one attached hydrogen (secondary N) is 1. The molecule has 0 bridgehead atoms. The smallest absolute Gasteiger partial charge is 0.234 e. The molecular weight excluding hydrogens is 354 g/mol. The van der Waals surface area contributed by atoms with E-state index >= 15 is 0 Å². The van der Waals surface area contributed by atoms with Crippen LogP contribution in [0.1, 0.15) is 36.4 Å². The van der Waals surface area contributed by atoms with Gasteiger partial charge in [0.25, 0.3) is 0 Å². The third-order valence-corrected chi connectivity index (χ3v) is 6.28. The molecule has 0 unspecified atom stereocenters. The van der Waals surface area contributed by atoms with Crippen molar-refractivity contribution in [1.82, 2.24) is 25.0 Å². The second kappa shape index (κ2) is 8.82. The highest BCUT2D eigenvalue weighted by molar-refractivity contribution is 7.99. The Morgan fingerprint density at radius 2 is 2.20 bits per heavy atom. The van der Waals surface area contributed by atoms with Crippen LogP contribution in [0.15, 0.2) is 22.7 Å². The average Bonchev–Trinajstić information content (AvgIpc) is 3.25. The van der Waals surface area contributed by atoms with Gasteiger partial charge in [0.2, 0.25) is 5.91 Å². The van der Waals surface area contributed by atoms with Crippen LogP contribution in [-0.2, 0) is 18.4 Å². The molecule has 2 aromatic rings. The van der Waals surface area contributed by atoms with E-state index in [1.54, 1.807) is 23.1 Å². The Kier molecular flexibility index (Phi) is 6.50. The molecule has 25 heavy (non-hydrogen) atoms. The first-order chi connectivity index (χ1) is 12.2. The van der Waals surface area contributed by atoms with Crippen molar-refractivity contribution in [3.8, 4) is 0 Å². The number of amides is 1. The Morgan fingerprint density at radius 1 is 1.40 bits per heavy atom. The van der Waals surface area contributed by atoms with Crippen molar-refractivity contribution in [2.75, 3.05) is 25.4 Å². The van der Waals surface area contributed by atoms with Gasteiger partial charge in [-0.3, -0.25) is 9.69 Å². The van der Waals surface area contributed by atoms with Crippen LogP contribution in [-0.4, -0.2) is 51.0 Å². The van der Waals surface area contributed by atoms with Gasteiger partial charge in [-0.2, -0.15) is 0 Å². The summed E-state index contributed by atoms with van der Waals surface area (Å²) in [5, 5.41) is 14.7. The lowest BCUT2D eigenvalue weighted by atomic mass is 9.96. The minimum Gasteiger partial charge on any atom is -0.350 e. The van der Waals surface area contributed by atoms with Gasteiger partial charge in [-0.15, -0.1) is 21.5 Å². The summed E-state index contributed by atoms with van der Waals surface area (Å²) in [6.07, 6.45) is 2.06. The molecule has 3 heterocycles. The summed E-state index contributed by atoms with van der Waals surface area (Å²) in [5.41, 5.74) is 0. The summed E-state index contributed by atoms with van der Waals surface area (Å²) >= 11 is 3.40. The van der Waals surface area contributed by atoms with Gasteiger partial charge < -0.3 is 9.88 Å². The summed E-state index contributed by atoms with van der Waals surface area (Å²) in [6, 6.07) is 4.05. The fraction of sp³-hybridized carbons (Fsp3) is 0.588. The second-order valence-electron chi connectivity index (χ2n) is 6.24. The third kappa shape index (κ3) is 4.83. The molecule has 1 N–H and O–H groups in total. The fourth-order valence-corrected chi connectivity index (χ4v) is 4.43. The maximum Gasteiger partial charge on any atom is 0.234 e. The molecule has 1 saturated heterocycles. The summed E-state index contributed by atoms with van der Waals surface area (Å²) in [7, 11) is 2.05. The SMILES string of the molecule is CCSc1nnc(C2CCN(CC(=O)NCc3cccs3)CC2)n1C. The number of hydrogen-bond acceptors (Lipinski definition) is 6. The highest BCUT2D eigenvalue weighted by Gasteiger charge is 2.26. The van der Waals surface area contributed by atoms with Crippen LogP contribution >= 0.6 is 23.1 Å². The lowest BCUT2D eigenvalue weighted by Crippen LogP contribution is -2.41. The molecule has 0 saturated carbocycles. The largest absolute Gasteiger partial charge is 0.350 e. The molecule has 1 fully saturated rings. The highest BCUT2D eigenvalue weighted by atomic mass is 32.2. The van der Waals surface area contributed by atoms with Crippen molar-refractivity contribution in [3.05, 3.63) is 28.2 Å². The minimum atomic E-state index is 0.104. The number of aromatic nitrogens is 3. The molecule has 1 aliphatic heterocycles. The molecule has 8 heteroatoms. The Bertz CT molecular complexity index is 677. The van der Waals surface area contributed by atoms with Crippen molar-refractivity contribution in [2.45, 2.75) is 37.4 Å².